The molecule has 0 amide bonds. The van der Waals surface area contributed by atoms with E-state index >= 15 is 0 Å². The van der Waals surface area contributed by atoms with Crippen LogP contribution >= 0.6 is 38.9 Å². The van der Waals surface area contributed by atoms with Gasteiger partial charge in [-0.1, -0.05) is 29.8 Å². The molecule has 3 aromatic rings. The van der Waals surface area contributed by atoms with Crippen molar-refractivity contribution in [3.05, 3.63) is 62.5 Å². The number of nitrogens with zero attached hydrogens (tertiary/aromatic N) is 2. The Labute approximate surface area is 139 Å². The number of thiophene rings is 1. The molecule has 3 rings (SSSR count). The van der Waals surface area contributed by atoms with E-state index in [0.717, 1.165) is 20.5 Å². The summed E-state index contributed by atoms with van der Waals surface area (Å²) in [5.41, 5.74) is 2.25. The van der Waals surface area contributed by atoms with Gasteiger partial charge in [0.15, 0.2) is 6.29 Å². The fraction of sp³-hybridized carbons (Fsp3) is 0.0667. The Morgan fingerprint density at radius 2 is 2.10 bits per heavy atom. The first-order valence-electron chi connectivity index (χ1n) is 6.19. The molecule has 0 unspecified atom stereocenters. The number of halogens is 2. The van der Waals surface area contributed by atoms with E-state index in [4.69, 9.17) is 11.6 Å². The molecule has 1 aromatic carbocycles. The van der Waals surface area contributed by atoms with Crippen molar-refractivity contribution in [3.8, 4) is 10.6 Å². The van der Waals surface area contributed by atoms with Crippen LogP contribution in [0.2, 0.25) is 5.02 Å². The second kappa shape index (κ2) is 6.13. The summed E-state index contributed by atoms with van der Waals surface area (Å²) in [5.74, 6) is 0. The zero-order valence-corrected chi connectivity index (χ0v) is 14.0. The summed E-state index contributed by atoms with van der Waals surface area (Å²) in [6.45, 7) is 0.535. The lowest BCUT2D eigenvalue weighted by Crippen LogP contribution is -2.00. The first-order valence-corrected chi connectivity index (χ1v) is 8.18. The smallest absolute Gasteiger partial charge is 0.153 e. The zero-order valence-electron chi connectivity index (χ0n) is 10.8. The predicted molar refractivity (Wildman–Crippen MR) is 89.2 cm³/mol. The SMILES string of the molecule is O=Cc1cn(Cc2ccccc2Cl)nc1-c1ccc(Br)s1. The Bertz CT molecular complexity index is 797. The van der Waals surface area contributed by atoms with Gasteiger partial charge in [0.25, 0.3) is 0 Å². The molecule has 0 aliphatic heterocycles. The molecule has 0 fully saturated rings. The number of benzene rings is 1. The number of carbonyl (C=O) groups excluding carboxylic acids is 1. The van der Waals surface area contributed by atoms with Gasteiger partial charge in [0.1, 0.15) is 5.69 Å². The van der Waals surface area contributed by atoms with Crippen LogP contribution in [0.1, 0.15) is 15.9 Å². The van der Waals surface area contributed by atoms with Crippen molar-refractivity contribution < 1.29 is 4.79 Å². The summed E-state index contributed by atoms with van der Waals surface area (Å²) in [6.07, 6.45) is 2.58. The molecular weight excluding hydrogens is 372 g/mol. The molecule has 0 spiro atoms. The topological polar surface area (TPSA) is 34.9 Å². The van der Waals surface area contributed by atoms with Crippen LogP contribution < -0.4 is 0 Å². The standard InChI is InChI=1S/C15H10BrClN2OS/c16-14-6-5-13(21-14)15-11(9-20)8-19(18-15)7-10-3-1-2-4-12(10)17/h1-6,8-9H,7H2. The third kappa shape index (κ3) is 3.10. The summed E-state index contributed by atoms with van der Waals surface area (Å²) < 4.78 is 2.75. The normalized spacial score (nSPS) is 10.8. The number of hydrogen-bond donors (Lipinski definition) is 0. The summed E-state index contributed by atoms with van der Waals surface area (Å²) >= 11 is 11.1. The number of carbonyl (C=O) groups is 1. The van der Waals surface area contributed by atoms with Gasteiger partial charge in [-0.05, 0) is 39.7 Å². The lowest BCUT2D eigenvalue weighted by Gasteiger charge is -2.03. The lowest BCUT2D eigenvalue weighted by molar-refractivity contribution is 0.112. The molecule has 0 atom stereocenters. The van der Waals surface area contributed by atoms with E-state index < -0.39 is 0 Å². The van der Waals surface area contributed by atoms with E-state index in [2.05, 4.69) is 21.0 Å². The fourth-order valence-corrected chi connectivity index (χ4v) is 3.63. The van der Waals surface area contributed by atoms with Crippen molar-refractivity contribution in [2.24, 2.45) is 0 Å². The molecule has 0 aliphatic carbocycles. The Balaban J connectivity index is 1.96. The van der Waals surface area contributed by atoms with Crippen molar-refractivity contribution in [1.82, 2.24) is 9.78 Å². The molecule has 0 aliphatic rings. The van der Waals surface area contributed by atoms with E-state index in [9.17, 15) is 4.79 Å². The fourth-order valence-electron chi connectivity index (χ4n) is 2.04. The molecular formula is C15H10BrClN2OS. The second-order valence-corrected chi connectivity index (χ2v) is 7.31. The highest BCUT2D eigenvalue weighted by Gasteiger charge is 2.13. The van der Waals surface area contributed by atoms with Crippen molar-refractivity contribution in [3.63, 3.8) is 0 Å². The number of aromatic nitrogens is 2. The molecule has 21 heavy (non-hydrogen) atoms. The molecule has 106 valence electrons. The minimum absolute atomic E-state index is 0.535. The highest BCUT2D eigenvalue weighted by atomic mass is 79.9. The molecule has 2 heterocycles. The Kier molecular flexibility index (Phi) is 4.24. The average molecular weight is 382 g/mol. The van der Waals surface area contributed by atoms with Crippen LogP contribution in [-0.2, 0) is 6.54 Å². The van der Waals surface area contributed by atoms with Gasteiger partial charge in [-0.3, -0.25) is 9.48 Å². The predicted octanol–water partition coefficient (Wildman–Crippen LogP) is 4.89. The summed E-state index contributed by atoms with van der Waals surface area (Å²) in [4.78, 5) is 12.2. The van der Waals surface area contributed by atoms with Gasteiger partial charge >= 0.3 is 0 Å². The summed E-state index contributed by atoms with van der Waals surface area (Å²) in [7, 11) is 0. The Morgan fingerprint density at radius 1 is 1.29 bits per heavy atom. The highest BCUT2D eigenvalue weighted by molar-refractivity contribution is 9.11. The van der Waals surface area contributed by atoms with Crippen LogP contribution in [0.25, 0.3) is 10.6 Å². The van der Waals surface area contributed by atoms with Gasteiger partial charge in [0, 0.05) is 11.2 Å². The lowest BCUT2D eigenvalue weighted by atomic mass is 10.2. The van der Waals surface area contributed by atoms with E-state index in [1.807, 2.05) is 36.4 Å². The van der Waals surface area contributed by atoms with Crippen LogP contribution in [0.15, 0.2) is 46.4 Å². The van der Waals surface area contributed by atoms with Crippen LogP contribution in [0.3, 0.4) is 0 Å². The Morgan fingerprint density at radius 3 is 2.76 bits per heavy atom. The van der Waals surface area contributed by atoms with Gasteiger partial charge in [0.2, 0.25) is 0 Å². The number of rotatable bonds is 4. The molecule has 0 N–H and O–H groups in total. The van der Waals surface area contributed by atoms with Gasteiger partial charge in [-0.15, -0.1) is 11.3 Å². The third-order valence-electron chi connectivity index (χ3n) is 3.01. The van der Waals surface area contributed by atoms with E-state index in [1.165, 1.54) is 0 Å². The van der Waals surface area contributed by atoms with Crippen molar-refractivity contribution >= 4 is 45.2 Å². The van der Waals surface area contributed by atoms with Gasteiger partial charge in [-0.2, -0.15) is 5.10 Å². The third-order valence-corrected chi connectivity index (χ3v) is 5.01. The summed E-state index contributed by atoms with van der Waals surface area (Å²) in [6, 6.07) is 11.5. The largest absolute Gasteiger partial charge is 0.298 e. The first kappa shape index (κ1) is 14.5. The molecule has 6 heteroatoms. The molecule has 2 aromatic heterocycles. The van der Waals surface area contributed by atoms with Gasteiger partial charge < -0.3 is 0 Å². The van der Waals surface area contributed by atoms with Crippen molar-refractivity contribution in [2.75, 3.05) is 0 Å². The monoisotopic (exact) mass is 380 g/mol. The zero-order chi connectivity index (χ0) is 14.8. The minimum atomic E-state index is 0.535. The van der Waals surface area contributed by atoms with Crippen molar-refractivity contribution in [1.29, 1.82) is 0 Å². The van der Waals surface area contributed by atoms with E-state index in [-0.39, 0.29) is 0 Å². The number of aldehydes is 1. The highest BCUT2D eigenvalue weighted by Crippen LogP contribution is 2.32. The van der Waals surface area contributed by atoms with Crippen molar-refractivity contribution in [2.45, 2.75) is 6.54 Å². The van der Waals surface area contributed by atoms with Crippen LogP contribution in [0, 0.1) is 0 Å². The van der Waals surface area contributed by atoms with Crippen LogP contribution in [-0.4, -0.2) is 16.1 Å². The maximum atomic E-state index is 11.3. The quantitative estimate of drug-likeness (QED) is 0.603. The van der Waals surface area contributed by atoms with E-state index in [0.29, 0.717) is 22.8 Å². The molecule has 0 radical (unpaired) electrons. The minimum Gasteiger partial charge on any atom is -0.298 e. The maximum Gasteiger partial charge on any atom is 0.153 e. The maximum absolute atomic E-state index is 11.3. The molecule has 0 bridgehead atoms. The number of hydrogen-bond acceptors (Lipinski definition) is 3. The van der Waals surface area contributed by atoms with Crippen LogP contribution in [0.5, 0.6) is 0 Å². The molecule has 3 nitrogen and oxygen atoms in total. The molecule has 0 saturated carbocycles. The average Bonchev–Trinajstić information content (AvgIpc) is 3.07. The summed E-state index contributed by atoms with van der Waals surface area (Å²) in [5, 5.41) is 5.21. The van der Waals surface area contributed by atoms with Crippen LogP contribution in [0.4, 0.5) is 0 Å². The van der Waals surface area contributed by atoms with E-state index in [1.54, 1.807) is 22.2 Å². The first-order chi connectivity index (χ1) is 10.2. The van der Waals surface area contributed by atoms with Gasteiger partial charge in [-0.25, -0.2) is 0 Å². The molecule has 0 saturated heterocycles. The second-order valence-electron chi connectivity index (χ2n) is 4.44. The van der Waals surface area contributed by atoms with Gasteiger partial charge in [0.05, 0.1) is 20.8 Å². The Hall–Kier alpha value is -1.43.